The SMILES string of the molecule is Cc1cc(CN2CCn3cc(C(=O)N(C)C)nc3C2C)no1. The number of carbonyl (C=O) groups excluding carboxylic acids is 1. The molecule has 0 saturated carbocycles. The summed E-state index contributed by atoms with van der Waals surface area (Å²) in [6.45, 7) is 6.44. The average Bonchev–Trinajstić information content (AvgIpc) is 3.08. The van der Waals surface area contributed by atoms with Crippen molar-refractivity contribution in [3.63, 3.8) is 0 Å². The fourth-order valence-corrected chi connectivity index (χ4v) is 2.78. The Morgan fingerprint density at radius 3 is 2.86 bits per heavy atom. The van der Waals surface area contributed by atoms with Gasteiger partial charge in [-0.2, -0.15) is 0 Å². The smallest absolute Gasteiger partial charge is 0.273 e. The summed E-state index contributed by atoms with van der Waals surface area (Å²) in [4.78, 5) is 20.4. The van der Waals surface area contributed by atoms with Crippen LogP contribution in [-0.4, -0.2) is 51.1 Å². The van der Waals surface area contributed by atoms with E-state index in [9.17, 15) is 4.79 Å². The minimum Gasteiger partial charge on any atom is -0.361 e. The van der Waals surface area contributed by atoms with Crippen LogP contribution in [0.3, 0.4) is 0 Å². The van der Waals surface area contributed by atoms with E-state index in [0.717, 1.165) is 36.9 Å². The van der Waals surface area contributed by atoms with E-state index in [1.165, 1.54) is 0 Å². The molecule has 118 valence electrons. The Hall–Kier alpha value is -2.15. The quantitative estimate of drug-likeness (QED) is 0.858. The van der Waals surface area contributed by atoms with Crippen LogP contribution in [0.1, 0.15) is 40.7 Å². The van der Waals surface area contributed by atoms with Crippen molar-refractivity contribution in [1.82, 2.24) is 24.5 Å². The van der Waals surface area contributed by atoms with Crippen LogP contribution in [0, 0.1) is 6.92 Å². The normalized spacial score (nSPS) is 18.3. The molecule has 3 heterocycles. The number of aryl methyl sites for hydroxylation is 1. The zero-order valence-electron chi connectivity index (χ0n) is 13.4. The summed E-state index contributed by atoms with van der Waals surface area (Å²) < 4.78 is 7.20. The molecule has 2 aromatic rings. The number of hydrogen-bond acceptors (Lipinski definition) is 5. The third-order valence-electron chi connectivity index (χ3n) is 4.02. The molecule has 22 heavy (non-hydrogen) atoms. The number of imidazole rings is 1. The largest absolute Gasteiger partial charge is 0.361 e. The third-order valence-corrected chi connectivity index (χ3v) is 4.02. The fourth-order valence-electron chi connectivity index (χ4n) is 2.78. The Morgan fingerprint density at radius 1 is 1.45 bits per heavy atom. The molecule has 0 radical (unpaired) electrons. The first-order valence-electron chi connectivity index (χ1n) is 7.40. The first-order valence-corrected chi connectivity index (χ1v) is 7.40. The van der Waals surface area contributed by atoms with Gasteiger partial charge in [0.2, 0.25) is 0 Å². The Balaban J connectivity index is 1.80. The maximum absolute atomic E-state index is 12.1. The van der Waals surface area contributed by atoms with Crippen molar-refractivity contribution in [3.8, 4) is 0 Å². The summed E-state index contributed by atoms with van der Waals surface area (Å²) in [6.07, 6.45) is 1.85. The Kier molecular flexibility index (Phi) is 3.74. The molecule has 0 bridgehead atoms. The molecule has 0 aliphatic carbocycles. The summed E-state index contributed by atoms with van der Waals surface area (Å²) in [5.41, 5.74) is 1.43. The number of hydrogen-bond donors (Lipinski definition) is 0. The summed E-state index contributed by atoms with van der Waals surface area (Å²) in [5, 5.41) is 4.05. The summed E-state index contributed by atoms with van der Waals surface area (Å²) >= 11 is 0. The summed E-state index contributed by atoms with van der Waals surface area (Å²) in [6, 6.07) is 2.09. The van der Waals surface area contributed by atoms with E-state index in [2.05, 4.69) is 26.5 Å². The van der Waals surface area contributed by atoms with Crippen LogP contribution in [0.5, 0.6) is 0 Å². The van der Waals surface area contributed by atoms with Crippen molar-refractivity contribution in [2.24, 2.45) is 0 Å². The van der Waals surface area contributed by atoms with Crippen LogP contribution in [-0.2, 0) is 13.1 Å². The number of aromatic nitrogens is 3. The van der Waals surface area contributed by atoms with Crippen molar-refractivity contribution < 1.29 is 9.32 Å². The van der Waals surface area contributed by atoms with E-state index in [-0.39, 0.29) is 11.9 Å². The lowest BCUT2D eigenvalue weighted by Crippen LogP contribution is -2.36. The van der Waals surface area contributed by atoms with Gasteiger partial charge in [0.1, 0.15) is 17.3 Å². The molecule has 0 saturated heterocycles. The minimum absolute atomic E-state index is 0.0622. The van der Waals surface area contributed by atoms with Gasteiger partial charge in [0, 0.05) is 46.0 Å². The number of amides is 1. The molecule has 0 fully saturated rings. The van der Waals surface area contributed by atoms with Gasteiger partial charge in [-0.3, -0.25) is 9.69 Å². The van der Waals surface area contributed by atoms with E-state index < -0.39 is 0 Å². The van der Waals surface area contributed by atoms with Crippen molar-refractivity contribution in [2.75, 3.05) is 20.6 Å². The molecular weight excluding hydrogens is 282 g/mol. The van der Waals surface area contributed by atoms with Gasteiger partial charge >= 0.3 is 0 Å². The molecule has 1 atom stereocenters. The molecule has 7 nitrogen and oxygen atoms in total. The van der Waals surface area contributed by atoms with Crippen molar-refractivity contribution in [1.29, 1.82) is 0 Å². The van der Waals surface area contributed by atoms with Crippen LogP contribution in [0.15, 0.2) is 16.8 Å². The maximum atomic E-state index is 12.1. The summed E-state index contributed by atoms with van der Waals surface area (Å²) in [7, 11) is 3.48. The molecule has 3 rings (SSSR count). The highest BCUT2D eigenvalue weighted by molar-refractivity contribution is 5.91. The van der Waals surface area contributed by atoms with Gasteiger partial charge in [-0.15, -0.1) is 0 Å². The lowest BCUT2D eigenvalue weighted by atomic mass is 10.2. The molecule has 0 aromatic carbocycles. The van der Waals surface area contributed by atoms with Crippen LogP contribution >= 0.6 is 0 Å². The van der Waals surface area contributed by atoms with E-state index in [4.69, 9.17) is 4.52 Å². The number of rotatable bonds is 3. The highest BCUT2D eigenvalue weighted by atomic mass is 16.5. The van der Waals surface area contributed by atoms with Crippen LogP contribution in [0.25, 0.3) is 0 Å². The van der Waals surface area contributed by atoms with Crippen LogP contribution < -0.4 is 0 Å². The van der Waals surface area contributed by atoms with Gasteiger partial charge < -0.3 is 14.0 Å². The number of carbonyl (C=O) groups is 1. The molecule has 2 aromatic heterocycles. The van der Waals surface area contributed by atoms with E-state index >= 15 is 0 Å². The predicted molar refractivity (Wildman–Crippen MR) is 80.3 cm³/mol. The Labute approximate surface area is 129 Å². The second-order valence-electron chi connectivity index (χ2n) is 5.95. The predicted octanol–water partition coefficient (Wildman–Crippen LogP) is 1.46. The summed E-state index contributed by atoms with van der Waals surface area (Å²) in [5.74, 6) is 1.68. The minimum atomic E-state index is -0.0622. The van der Waals surface area contributed by atoms with E-state index in [0.29, 0.717) is 5.69 Å². The maximum Gasteiger partial charge on any atom is 0.273 e. The molecule has 1 amide bonds. The topological polar surface area (TPSA) is 67.4 Å². The Morgan fingerprint density at radius 2 is 2.23 bits per heavy atom. The monoisotopic (exact) mass is 303 g/mol. The molecule has 1 aliphatic rings. The highest BCUT2D eigenvalue weighted by Gasteiger charge is 2.28. The van der Waals surface area contributed by atoms with E-state index in [1.807, 2.05) is 19.2 Å². The highest BCUT2D eigenvalue weighted by Crippen LogP contribution is 2.26. The fraction of sp³-hybridized carbons (Fsp3) is 0.533. The van der Waals surface area contributed by atoms with Gasteiger partial charge in [0.05, 0.1) is 11.7 Å². The molecule has 7 heteroatoms. The van der Waals surface area contributed by atoms with E-state index in [1.54, 1.807) is 19.0 Å². The number of fused-ring (bicyclic) bond motifs is 1. The zero-order chi connectivity index (χ0) is 15.9. The van der Waals surface area contributed by atoms with Crippen LogP contribution in [0.2, 0.25) is 0 Å². The second-order valence-corrected chi connectivity index (χ2v) is 5.95. The van der Waals surface area contributed by atoms with Gasteiger partial charge in [0.25, 0.3) is 5.91 Å². The molecule has 1 unspecified atom stereocenters. The van der Waals surface area contributed by atoms with Gasteiger partial charge in [-0.05, 0) is 13.8 Å². The molecule has 0 spiro atoms. The van der Waals surface area contributed by atoms with Crippen molar-refractivity contribution in [2.45, 2.75) is 33.0 Å². The zero-order valence-corrected chi connectivity index (χ0v) is 13.4. The Bertz CT molecular complexity index is 688. The van der Waals surface area contributed by atoms with Gasteiger partial charge in [-0.25, -0.2) is 4.98 Å². The lowest BCUT2D eigenvalue weighted by molar-refractivity contribution is 0.0822. The first-order chi connectivity index (χ1) is 10.5. The number of nitrogens with zero attached hydrogens (tertiary/aromatic N) is 5. The lowest BCUT2D eigenvalue weighted by Gasteiger charge is -2.32. The first kappa shape index (κ1) is 14.8. The van der Waals surface area contributed by atoms with Crippen LogP contribution in [0.4, 0.5) is 0 Å². The van der Waals surface area contributed by atoms with Gasteiger partial charge in [0.15, 0.2) is 0 Å². The molecular formula is C15H21N5O2. The second kappa shape index (κ2) is 5.57. The third kappa shape index (κ3) is 2.64. The standard InChI is InChI=1S/C15H21N5O2/c1-10-7-12(17-22-10)8-19-5-6-20-9-13(15(21)18(3)4)16-14(20)11(19)2/h7,9,11H,5-6,8H2,1-4H3. The molecule has 0 N–H and O–H groups in total. The molecule has 1 aliphatic heterocycles. The van der Waals surface area contributed by atoms with Crippen molar-refractivity contribution >= 4 is 5.91 Å². The van der Waals surface area contributed by atoms with Gasteiger partial charge in [-0.1, -0.05) is 5.16 Å². The van der Waals surface area contributed by atoms with Crippen molar-refractivity contribution in [3.05, 3.63) is 35.2 Å². The average molecular weight is 303 g/mol.